The van der Waals surface area contributed by atoms with Crippen LogP contribution in [0.25, 0.3) is 6.08 Å². The Labute approximate surface area is 125 Å². The fraction of sp³-hybridized carbons (Fsp3) is 0.467. The third-order valence-electron chi connectivity index (χ3n) is 4.15. The van der Waals surface area contributed by atoms with E-state index in [0.717, 1.165) is 5.47 Å². The Morgan fingerprint density at radius 2 is 1.76 bits per heavy atom. The highest BCUT2D eigenvalue weighted by Gasteiger charge is 2.52. The van der Waals surface area contributed by atoms with Crippen LogP contribution in [-0.4, -0.2) is 35.1 Å². The topological polar surface area (TPSA) is 84.9 Å². The van der Waals surface area contributed by atoms with Gasteiger partial charge in [-0.05, 0) is 45.3 Å². The molecule has 1 aromatic rings. The van der Waals surface area contributed by atoms with Gasteiger partial charge in [0.2, 0.25) is 0 Å². The summed E-state index contributed by atoms with van der Waals surface area (Å²) in [6, 6.07) is 4.40. The number of benzene rings is 1. The summed E-state index contributed by atoms with van der Waals surface area (Å²) in [5.41, 5.74) is 6.20. The summed E-state index contributed by atoms with van der Waals surface area (Å²) in [5, 5.41) is 19.2. The van der Waals surface area contributed by atoms with Crippen LogP contribution in [0.5, 0.6) is 11.5 Å². The first-order valence-electron chi connectivity index (χ1n) is 6.94. The molecule has 0 atom stereocenters. The van der Waals surface area contributed by atoms with Crippen LogP contribution in [0.4, 0.5) is 0 Å². The van der Waals surface area contributed by atoms with Crippen LogP contribution in [0.1, 0.15) is 33.3 Å². The monoisotopic (exact) mass is 291 g/mol. The zero-order chi connectivity index (χ0) is 15.8. The summed E-state index contributed by atoms with van der Waals surface area (Å²) in [4.78, 5) is 0. The maximum absolute atomic E-state index is 9.86. The van der Waals surface area contributed by atoms with Gasteiger partial charge in [0.15, 0.2) is 0 Å². The lowest BCUT2D eigenvalue weighted by Gasteiger charge is -2.32. The van der Waals surface area contributed by atoms with Crippen LogP contribution in [0.3, 0.4) is 0 Å². The molecule has 5 nitrogen and oxygen atoms in total. The van der Waals surface area contributed by atoms with Gasteiger partial charge in [-0.15, -0.1) is 0 Å². The Hall–Kier alpha value is -1.50. The molecule has 0 radical (unpaired) electrons. The molecule has 0 spiro atoms. The van der Waals surface area contributed by atoms with E-state index < -0.39 is 18.3 Å². The maximum Gasteiger partial charge on any atom is 0.491 e. The van der Waals surface area contributed by atoms with Gasteiger partial charge in [0, 0.05) is 18.2 Å². The first kappa shape index (κ1) is 15.9. The van der Waals surface area contributed by atoms with Crippen molar-refractivity contribution in [1.29, 1.82) is 0 Å². The van der Waals surface area contributed by atoms with E-state index in [1.807, 2.05) is 27.7 Å². The van der Waals surface area contributed by atoms with Crippen LogP contribution in [0.15, 0.2) is 23.7 Å². The Morgan fingerprint density at radius 3 is 2.24 bits per heavy atom. The fourth-order valence-corrected chi connectivity index (χ4v) is 2.07. The molecule has 1 aliphatic heterocycles. The molecular formula is C15H22BNO4. The van der Waals surface area contributed by atoms with Crippen molar-refractivity contribution in [2.45, 2.75) is 38.9 Å². The number of rotatable bonds is 3. The average molecular weight is 291 g/mol. The van der Waals surface area contributed by atoms with Gasteiger partial charge in [-0.3, -0.25) is 0 Å². The first-order valence-corrected chi connectivity index (χ1v) is 6.94. The summed E-state index contributed by atoms with van der Waals surface area (Å²) in [6.45, 7) is 8.13. The van der Waals surface area contributed by atoms with Gasteiger partial charge < -0.3 is 25.3 Å². The molecular weight excluding hydrogens is 269 g/mol. The molecule has 1 aliphatic rings. The largest absolute Gasteiger partial charge is 0.508 e. The predicted octanol–water partition coefficient (Wildman–Crippen LogP) is 2.07. The molecule has 0 aliphatic carbocycles. The van der Waals surface area contributed by atoms with Gasteiger partial charge in [0.05, 0.1) is 11.2 Å². The van der Waals surface area contributed by atoms with Gasteiger partial charge in [-0.2, -0.15) is 0 Å². The molecule has 114 valence electrons. The standard InChI is InChI=1S/C15H22BNO4/c1-14(2)15(3,4)21-16(20-14)11(9-17)7-10-5-6-12(18)8-13(10)19/h5-8,18-19H,9,17H2,1-4H3. The van der Waals surface area contributed by atoms with Crippen molar-refractivity contribution in [2.75, 3.05) is 6.54 Å². The first-order chi connectivity index (χ1) is 9.66. The normalized spacial score (nSPS) is 20.8. The second-order valence-corrected chi connectivity index (χ2v) is 6.25. The number of hydrogen-bond acceptors (Lipinski definition) is 5. The number of aromatic hydroxyl groups is 2. The molecule has 0 aromatic heterocycles. The Balaban J connectivity index is 2.31. The number of phenols is 2. The minimum absolute atomic E-state index is 0.00887. The summed E-state index contributed by atoms with van der Waals surface area (Å²) in [7, 11) is -0.548. The molecule has 1 aromatic carbocycles. The lowest BCUT2D eigenvalue weighted by atomic mass is 9.77. The van der Waals surface area contributed by atoms with Gasteiger partial charge in [-0.25, -0.2) is 0 Å². The minimum Gasteiger partial charge on any atom is -0.508 e. The van der Waals surface area contributed by atoms with Gasteiger partial charge in [0.1, 0.15) is 11.5 Å². The molecule has 6 heteroatoms. The Bertz CT molecular complexity index is 553. The highest BCUT2D eigenvalue weighted by Crippen LogP contribution is 2.39. The zero-order valence-corrected chi connectivity index (χ0v) is 12.9. The number of hydrogen-bond donors (Lipinski definition) is 3. The minimum atomic E-state index is -0.548. The van der Waals surface area contributed by atoms with Crippen LogP contribution >= 0.6 is 0 Å². The van der Waals surface area contributed by atoms with E-state index in [4.69, 9.17) is 15.0 Å². The molecule has 0 saturated carbocycles. The third kappa shape index (κ3) is 3.07. The van der Waals surface area contributed by atoms with Crippen LogP contribution < -0.4 is 5.73 Å². The molecule has 0 bridgehead atoms. The Kier molecular flexibility index (Phi) is 4.06. The van der Waals surface area contributed by atoms with Gasteiger partial charge in [-0.1, -0.05) is 6.08 Å². The molecule has 21 heavy (non-hydrogen) atoms. The quantitative estimate of drug-likeness (QED) is 0.742. The average Bonchev–Trinajstić information content (AvgIpc) is 2.57. The van der Waals surface area contributed by atoms with Crippen molar-refractivity contribution in [2.24, 2.45) is 5.73 Å². The third-order valence-corrected chi connectivity index (χ3v) is 4.15. The van der Waals surface area contributed by atoms with Crippen molar-refractivity contribution in [3.63, 3.8) is 0 Å². The van der Waals surface area contributed by atoms with Crippen molar-refractivity contribution >= 4 is 13.2 Å². The number of phenolic OH excluding ortho intramolecular Hbond substituents is 2. The second kappa shape index (κ2) is 5.37. The predicted molar refractivity (Wildman–Crippen MR) is 82.9 cm³/mol. The van der Waals surface area contributed by atoms with Crippen molar-refractivity contribution in [1.82, 2.24) is 0 Å². The van der Waals surface area contributed by atoms with E-state index in [0.29, 0.717) is 5.56 Å². The van der Waals surface area contributed by atoms with E-state index in [1.54, 1.807) is 12.1 Å². The van der Waals surface area contributed by atoms with Crippen LogP contribution in [0, 0.1) is 0 Å². The molecule has 1 heterocycles. The molecule has 0 unspecified atom stereocenters. The van der Waals surface area contributed by atoms with Crippen molar-refractivity contribution in [3.8, 4) is 11.5 Å². The molecule has 1 saturated heterocycles. The summed E-state index contributed by atoms with van der Waals surface area (Å²) in [5.74, 6) is -0.00736. The van der Waals surface area contributed by atoms with Crippen LogP contribution in [-0.2, 0) is 9.31 Å². The van der Waals surface area contributed by atoms with Crippen LogP contribution in [0.2, 0.25) is 0 Å². The molecule has 1 fully saturated rings. The molecule has 4 N–H and O–H groups in total. The highest BCUT2D eigenvalue weighted by molar-refractivity contribution is 6.55. The maximum atomic E-state index is 9.86. The lowest BCUT2D eigenvalue weighted by Crippen LogP contribution is -2.41. The Morgan fingerprint density at radius 1 is 1.19 bits per heavy atom. The van der Waals surface area contributed by atoms with E-state index in [-0.39, 0.29) is 18.0 Å². The lowest BCUT2D eigenvalue weighted by molar-refractivity contribution is 0.00578. The summed E-state index contributed by atoms with van der Waals surface area (Å²) >= 11 is 0. The number of nitrogens with two attached hydrogens (primary N) is 1. The second-order valence-electron chi connectivity index (χ2n) is 6.25. The van der Waals surface area contributed by atoms with Gasteiger partial charge >= 0.3 is 7.12 Å². The van der Waals surface area contributed by atoms with E-state index in [2.05, 4.69) is 0 Å². The summed E-state index contributed by atoms with van der Waals surface area (Å²) < 4.78 is 11.9. The zero-order valence-electron chi connectivity index (χ0n) is 12.9. The van der Waals surface area contributed by atoms with Crippen molar-refractivity contribution < 1.29 is 19.5 Å². The van der Waals surface area contributed by atoms with Crippen molar-refractivity contribution in [3.05, 3.63) is 29.2 Å². The fourth-order valence-electron chi connectivity index (χ4n) is 2.07. The van der Waals surface area contributed by atoms with E-state index in [1.165, 1.54) is 12.1 Å². The summed E-state index contributed by atoms with van der Waals surface area (Å²) in [6.07, 6.45) is 1.73. The van der Waals surface area contributed by atoms with E-state index >= 15 is 0 Å². The molecule has 0 amide bonds. The SMILES string of the molecule is CC1(C)OB(C(=Cc2ccc(O)cc2O)CN)OC1(C)C. The highest BCUT2D eigenvalue weighted by atomic mass is 16.7. The van der Waals surface area contributed by atoms with E-state index in [9.17, 15) is 10.2 Å². The van der Waals surface area contributed by atoms with Gasteiger partial charge in [0.25, 0.3) is 0 Å². The molecule has 2 rings (SSSR count). The smallest absolute Gasteiger partial charge is 0.491 e.